The van der Waals surface area contributed by atoms with Gasteiger partial charge >= 0.3 is 5.97 Å². The van der Waals surface area contributed by atoms with Gasteiger partial charge in [0.05, 0.1) is 18.6 Å². The number of halogens is 1. The predicted octanol–water partition coefficient (Wildman–Crippen LogP) is 2.81. The molecule has 0 heterocycles. The van der Waals surface area contributed by atoms with E-state index in [2.05, 4.69) is 4.74 Å². The third kappa shape index (κ3) is 3.87. The monoisotopic (exact) mass is 258 g/mol. The average Bonchev–Trinajstić information content (AvgIpc) is 2.30. The van der Waals surface area contributed by atoms with Crippen LogP contribution in [-0.2, 0) is 9.53 Å². The lowest BCUT2D eigenvalue weighted by atomic mass is 10.2. The lowest BCUT2D eigenvalue weighted by molar-refractivity contribution is -0.140. The molecule has 86 valence electrons. The zero-order valence-corrected chi connectivity index (χ0v) is 10.3. The standard InChI is InChI=1S/C11H11ClO3S/c1-15-11(14)4-5-16-10-3-2-8(7-13)6-9(10)12/h2-3,6-7H,4-5H2,1H3. The molecule has 0 saturated heterocycles. The molecule has 0 bridgehead atoms. The summed E-state index contributed by atoms with van der Waals surface area (Å²) in [5.41, 5.74) is 0.544. The Bertz CT molecular complexity index is 393. The molecule has 1 aromatic rings. The number of esters is 1. The van der Waals surface area contributed by atoms with Crippen molar-refractivity contribution in [3.05, 3.63) is 28.8 Å². The van der Waals surface area contributed by atoms with Crippen LogP contribution < -0.4 is 0 Å². The highest BCUT2D eigenvalue weighted by Crippen LogP contribution is 2.28. The van der Waals surface area contributed by atoms with E-state index >= 15 is 0 Å². The third-order valence-electron chi connectivity index (χ3n) is 1.88. The summed E-state index contributed by atoms with van der Waals surface area (Å²) in [6, 6.07) is 5.07. The molecule has 0 unspecified atom stereocenters. The van der Waals surface area contributed by atoms with Crippen LogP contribution in [0.15, 0.2) is 23.1 Å². The number of carbonyl (C=O) groups excluding carboxylic acids is 2. The minimum absolute atomic E-state index is 0.242. The van der Waals surface area contributed by atoms with Crippen molar-refractivity contribution < 1.29 is 14.3 Å². The molecule has 0 N–H and O–H groups in total. The Morgan fingerprint density at radius 2 is 2.31 bits per heavy atom. The topological polar surface area (TPSA) is 43.4 Å². The summed E-state index contributed by atoms with van der Waals surface area (Å²) >= 11 is 7.42. The van der Waals surface area contributed by atoms with Crippen molar-refractivity contribution >= 4 is 35.6 Å². The number of carbonyl (C=O) groups is 2. The predicted molar refractivity (Wildman–Crippen MR) is 64.2 cm³/mol. The lowest BCUT2D eigenvalue weighted by Crippen LogP contribution is -2.00. The van der Waals surface area contributed by atoms with Gasteiger partial charge in [-0.15, -0.1) is 11.8 Å². The lowest BCUT2D eigenvalue weighted by Gasteiger charge is -2.03. The van der Waals surface area contributed by atoms with Crippen LogP contribution in [0.4, 0.5) is 0 Å². The molecule has 0 aliphatic carbocycles. The van der Waals surface area contributed by atoms with Gasteiger partial charge in [-0.1, -0.05) is 17.7 Å². The number of thioether (sulfide) groups is 1. The van der Waals surface area contributed by atoms with E-state index in [1.807, 2.05) is 0 Å². The first-order valence-corrected chi connectivity index (χ1v) is 5.98. The summed E-state index contributed by atoms with van der Waals surface area (Å²) in [7, 11) is 1.36. The van der Waals surface area contributed by atoms with E-state index in [0.29, 0.717) is 22.8 Å². The van der Waals surface area contributed by atoms with Crippen LogP contribution >= 0.6 is 23.4 Å². The number of hydrogen-bond donors (Lipinski definition) is 0. The van der Waals surface area contributed by atoms with E-state index in [9.17, 15) is 9.59 Å². The van der Waals surface area contributed by atoms with Crippen molar-refractivity contribution in [1.29, 1.82) is 0 Å². The maximum atomic E-state index is 10.9. The van der Waals surface area contributed by atoms with E-state index in [1.54, 1.807) is 18.2 Å². The van der Waals surface area contributed by atoms with Gasteiger partial charge in [-0.25, -0.2) is 0 Å². The van der Waals surface area contributed by atoms with Gasteiger partial charge in [0.2, 0.25) is 0 Å². The number of rotatable bonds is 5. The molecule has 0 aliphatic rings. The Morgan fingerprint density at radius 3 is 2.88 bits per heavy atom. The molecule has 16 heavy (non-hydrogen) atoms. The second-order valence-electron chi connectivity index (χ2n) is 2.98. The summed E-state index contributed by atoms with van der Waals surface area (Å²) in [6.45, 7) is 0. The largest absolute Gasteiger partial charge is 0.469 e. The molecule has 5 heteroatoms. The van der Waals surface area contributed by atoms with Crippen molar-refractivity contribution in [3.63, 3.8) is 0 Å². The summed E-state index contributed by atoms with van der Waals surface area (Å²) < 4.78 is 4.52. The van der Waals surface area contributed by atoms with Gasteiger partial charge in [-0.3, -0.25) is 9.59 Å². The first-order valence-electron chi connectivity index (χ1n) is 4.61. The first kappa shape index (κ1) is 13.1. The zero-order chi connectivity index (χ0) is 12.0. The number of ether oxygens (including phenoxy) is 1. The Kier molecular flexibility index (Phi) is 5.35. The summed E-state index contributed by atoms with van der Waals surface area (Å²) in [6.07, 6.45) is 1.09. The summed E-state index contributed by atoms with van der Waals surface area (Å²) in [4.78, 5) is 22.2. The van der Waals surface area contributed by atoms with Gasteiger partial charge in [-0.05, 0) is 12.1 Å². The van der Waals surface area contributed by atoms with Crippen molar-refractivity contribution in [2.45, 2.75) is 11.3 Å². The molecule has 0 saturated carbocycles. The van der Waals surface area contributed by atoms with Crippen LogP contribution in [0.1, 0.15) is 16.8 Å². The fraction of sp³-hybridized carbons (Fsp3) is 0.273. The van der Waals surface area contributed by atoms with Gasteiger partial charge in [0.15, 0.2) is 0 Å². The van der Waals surface area contributed by atoms with E-state index < -0.39 is 0 Å². The average molecular weight is 259 g/mol. The molecule has 0 aliphatic heterocycles. The van der Waals surface area contributed by atoms with Gasteiger partial charge in [0.25, 0.3) is 0 Å². The molecule has 0 aromatic heterocycles. The molecule has 1 aromatic carbocycles. The van der Waals surface area contributed by atoms with Gasteiger partial charge in [-0.2, -0.15) is 0 Å². The highest BCUT2D eigenvalue weighted by molar-refractivity contribution is 7.99. The molecule has 0 spiro atoms. The molecular weight excluding hydrogens is 248 g/mol. The first-order chi connectivity index (χ1) is 7.67. The van der Waals surface area contributed by atoms with Crippen molar-refractivity contribution in [2.75, 3.05) is 12.9 Å². The zero-order valence-electron chi connectivity index (χ0n) is 8.73. The Hall–Kier alpha value is -1.00. The van der Waals surface area contributed by atoms with Crippen LogP contribution in [-0.4, -0.2) is 25.1 Å². The van der Waals surface area contributed by atoms with Crippen LogP contribution in [0.25, 0.3) is 0 Å². The summed E-state index contributed by atoms with van der Waals surface area (Å²) in [5.74, 6) is 0.362. The molecule has 0 atom stereocenters. The van der Waals surface area contributed by atoms with Crippen molar-refractivity contribution in [1.82, 2.24) is 0 Å². The second-order valence-corrected chi connectivity index (χ2v) is 4.53. The molecule has 3 nitrogen and oxygen atoms in total. The molecule has 0 fully saturated rings. The second kappa shape index (κ2) is 6.55. The Labute approximate surface area is 103 Å². The van der Waals surface area contributed by atoms with Crippen LogP contribution in [0, 0.1) is 0 Å². The van der Waals surface area contributed by atoms with Crippen molar-refractivity contribution in [2.24, 2.45) is 0 Å². The number of benzene rings is 1. The molecule has 0 amide bonds. The number of hydrogen-bond acceptors (Lipinski definition) is 4. The van der Waals surface area contributed by atoms with Crippen LogP contribution in [0.5, 0.6) is 0 Å². The van der Waals surface area contributed by atoms with E-state index in [-0.39, 0.29) is 5.97 Å². The molecular formula is C11H11ClO3S. The quantitative estimate of drug-likeness (QED) is 0.463. The fourth-order valence-corrected chi connectivity index (χ4v) is 2.26. The van der Waals surface area contributed by atoms with Gasteiger partial charge < -0.3 is 4.74 Å². The molecule has 1 rings (SSSR count). The van der Waals surface area contributed by atoms with Crippen LogP contribution in [0.2, 0.25) is 5.02 Å². The van der Waals surface area contributed by atoms with E-state index in [4.69, 9.17) is 11.6 Å². The minimum atomic E-state index is -0.242. The normalized spacial score (nSPS) is 9.88. The number of aldehydes is 1. The fourth-order valence-electron chi connectivity index (χ4n) is 1.05. The van der Waals surface area contributed by atoms with Gasteiger partial charge in [0.1, 0.15) is 6.29 Å². The highest BCUT2D eigenvalue weighted by Gasteiger charge is 2.05. The minimum Gasteiger partial charge on any atom is -0.469 e. The smallest absolute Gasteiger partial charge is 0.306 e. The van der Waals surface area contributed by atoms with Gasteiger partial charge in [0, 0.05) is 16.2 Å². The maximum Gasteiger partial charge on any atom is 0.306 e. The highest BCUT2D eigenvalue weighted by atomic mass is 35.5. The summed E-state index contributed by atoms with van der Waals surface area (Å²) in [5, 5.41) is 0.527. The van der Waals surface area contributed by atoms with Crippen LogP contribution in [0.3, 0.4) is 0 Å². The van der Waals surface area contributed by atoms with E-state index in [0.717, 1.165) is 11.2 Å². The Morgan fingerprint density at radius 1 is 1.56 bits per heavy atom. The third-order valence-corrected chi connectivity index (χ3v) is 3.38. The number of methoxy groups -OCH3 is 1. The van der Waals surface area contributed by atoms with Crippen molar-refractivity contribution in [3.8, 4) is 0 Å². The SMILES string of the molecule is COC(=O)CCSc1ccc(C=O)cc1Cl. The Balaban J connectivity index is 2.54. The molecule has 0 radical (unpaired) electrons. The maximum absolute atomic E-state index is 10.9. The van der Waals surface area contributed by atoms with E-state index in [1.165, 1.54) is 18.9 Å².